The predicted octanol–water partition coefficient (Wildman–Crippen LogP) is 1.50. The maximum atomic E-state index is 9.08. The van der Waals surface area contributed by atoms with Crippen molar-refractivity contribution in [1.29, 1.82) is 0 Å². The van der Waals surface area contributed by atoms with E-state index in [4.69, 9.17) is 14.6 Å². The Morgan fingerprint density at radius 1 is 1.18 bits per heavy atom. The summed E-state index contributed by atoms with van der Waals surface area (Å²) in [7, 11) is 0. The molecule has 0 bridgehead atoms. The number of hydrogen-bond acceptors (Lipinski definition) is 3. The van der Waals surface area contributed by atoms with Crippen molar-refractivity contribution in [3.63, 3.8) is 0 Å². The van der Waals surface area contributed by atoms with Crippen molar-refractivity contribution in [3.05, 3.63) is 0 Å². The minimum Gasteiger partial charge on any atom is -0.368 e. The van der Waals surface area contributed by atoms with E-state index in [1.165, 1.54) is 0 Å². The van der Waals surface area contributed by atoms with Crippen LogP contribution >= 0.6 is 0 Å². The lowest BCUT2D eigenvalue weighted by atomic mass is 10.4. The quantitative estimate of drug-likeness (QED) is 0.601. The maximum absolute atomic E-state index is 9.08. The van der Waals surface area contributed by atoms with Crippen molar-refractivity contribution >= 4 is 0 Å². The summed E-state index contributed by atoms with van der Waals surface area (Å²) in [5.74, 6) is 0. The molecule has 0 saturated heterocycles. The fourth-order valence-electron chi connectivity index (χ4n) is 0.711. The number of aliphatic hydroxyl groups is 1. The number of hydrogen-bond donors (Lipinski definition) is 1. The highest BCUT2D eigenvalue weighted by Gasteiger charge is 2.09. The summed E-state index contributed by atoms with van der Waals surface area (Å²) in [6.07, 6.45) is 0.426. The van der Waals surface area contributed by atoms with Gasteiger partial charge < -0.3 is 14.6 Å². The van der Waals surface area contributed by atoms with Gasteiger partial charge in [-0.15, -0.1) is 0 Å². The zero-order valence-corrected chi connectivity index (χ0v) is 7.54. The van der Waals surface area contributed by atoms with Gasteiger partial charge in [-0.1, -0.05) is 13.8 Å². The number of ether oxygens (including phenoxy) is 2. The fourth-order valence-corrected chi connectivity index (χ4v) is 0.711. The minimum absolute atomic E-state index is 0.255. The molecule has 0 aromatic carbocycles. The summed E-state index contributed by atoms with van der Waals surface area (Å²) >= 11 is 0. The van der Waals surface area contributed by atoms with Crippen LogP contribution < -0.4 is 0 Å². The number of rotatable bonds is 6. The van der Waals surface area contributed by atoms with Gasteiger partial charge in [-0.2, -0.15) is 0 Å². The Morgan fingerprint density at radius 3 is 2.18 bits per heavy atom. The van der Waals surface area contributed by atoms with Crippen molar-refractivity contribution in [2.75, 3.05) is 6.61 Å². The zero-order valence-electron chi connectivity index (χ0n) is 7.54. The maximum Gasteiger partial charge on any atom is 0.160 e. The summed E-state index contributed by atoms with van der Waals surface area (Å²) in [6, 6.07) is 0. The normalized spacial score (nSPS) is 16.4. The minimum atomic E-state index is -0.688. The van der Waals surface area contributed by atoms with Gasteiger partial charge in [0.25, 0.3) is 0 Å². The van der Waals surface area contributed by atoms with Gasteiger partial charge in [0.1, 0.15) is 0 Å². The Hall–Kier alpha value is -0.120. The summed E-state index contributed by atoms with van der Waals surface area (Å²) in [4.78, 5) is 0. The third-order valence-corrected chi connectivity index (χ3v) is 1.34. The second-order valence-electron chi connectivity index (χ2n) is 2.29. The summed E-state index contributed by atoms with van der Waals surface area (Å²) < 4.78 is 10.3. The Morgan fingerprint density at radius 2 is 1.82 bits per heavy atom. The molecule has 0 saturated carbocycles. The van der Waals surface area contributed by atoms with E-state index in [9.17, 15) is 0 Å². The number of aliphatic hydroxyl groups excluding tert-OH is 1. The lowest BCUT2D eigenvalue weighted by Gasteiger charge is -2.18. The van der Waals surface area contributed by atoms with Gasteiger partial charge in [0.05, 0.1) is 0 Å². The average Bonchev–Trinajstić information content (AvgIpc) is 2.03. The van der Waals surface area contributed by atoms with Gasteiger partial charge in [-0.25, -0.2) is 0 Å². The van der Waals surface area contributed by atoms with Crippen molar-refractivity contribution in [3.8, 4) is 0 Å². The SMILES string of the molecule is CCOC(CC)OC(O)CC. The molecule has 3 nitrogen and oxygen atoms in total. The molecule has 0 amide bonds. The molecule has 2 unspecified atom stereocenters. The van der Waals surface area contributed by atoms with Crippen molar-refractivity contribution in [2.24, 2.45) is 0 Å². The highest BCUT2D eigenvalue weighted by atomic mass is 16.7. The Balaban J connectivity index is 3.49. The third-order valence-electron chi connectivity index (χ3n) is 1.34. The molecular weight excluding hydrogens is 144 g/mol. The van der Waals surface area contributed by atoms with Crippen LogP contribution in [-0.4, -0.2) is 24.3 Å². The Kier molecular flexibility index (Phi) is 6.51. The van der Waals surface area contributed by atoms with E-state index in [1.54, 1.807) is 0 Å². The molecule has 0 heterocycles. The van der Waals surface area contributed by atoms with Gasteiger partial charge in [-0.05, 0) is 19.8 Å². The summed E-state index contributed by atoms with van der Waals surface area (Å²) in [6.45, 7) is 6.35. The first-order chi connectivity index (χ1) is 5.24. The largest absolute Gasteiger partial charge is 0.368 e. The van der Waals surface area contributed by atoms with E-state index in [0.29, 0.717) is 13.0 Å². The van der Waals surface area contributed by atoms with Gasteiger partial charge in [0.2, 0.25) is 0 Å². The van der Waals surface area contributed by atoms with Crippen LogP contribution in [0.3, 0.4) is 0 Å². The van der Waals surface area contributed by atoms with Gasteiger partial charge in [0.15, 0.2) is 12.6 Å². The van der Waals surface area contributed by atoms with Crippen molar-refractivity contribution < 1.29 is 14.6 Å². The Labute approximate surface area is 68.3 Å². The molecule has 2 atom stereocenters. The molecule has 0 aliphatic carbocycles. The van der Waals surface area contributed by atoms with E-state index in [2.05, 4.69) is 0 Å². The van der Waals surface area contributed by atoms with Crippen LogP contribution in [0, 0.1) is 0 Å². The molecule has 0 fully saturated rings. The molecule has 3 heteroatoms. The van der Waals surface area contributed by atoms with Crippen LogP contribution in [-0.2, 0) is 9.47 Å². The second-order valence-corrected chi connectivity index (χ2v) is 2.29. The fraction of sp³-hybridized carbons (Fsp3) is 1.00. The van der Waals surface area contributed by atoms with Gasteiger partial charge >= 0.3 is 0 Å². The summed E-state index contributed by atoms with van der Waals surface area (Å²) in [5, 5.41) is 9.08. The van der Waals surface area contributed by atoms with E-state index in [0.717, 1.165) is 6.42 Å². The van der Waals surface area contributed by atoms with Crippen LogP contribution in [0.4, 0.5) is 0 Å². The third kappa shape index (κ3) is 5.18. The highest BCUT2D eigenvalue weighted by Crippen LogP contribution is 2.04. The molecular formula is C8H18O3. The lowest BCUT2D eigenvalue weighted by Crippen LogP contribution is -2.23. The average molecular weight is 162 g/mol. The molecule has 0 aliphatic rings. The zero-order chi connectivity index (χ0) is 8.69. The molecule has 11 heavy (non-hydrogen) atoms. The van der Waals surface area contributed by atoms with Crippen LogP contribution in [0.5, 0.6) is 0 Å². The summed E-state index contributed by atoms with van der Waals surface area (Å²) in [5.41, 5.74) is 0. The van der Waals surface area contributed by atoms with E-state index >= 15 is 0 Å². The van der Waals surface area contributed by atoms with Crippen LogP contribution in [0.25, 0.3) is 0 Å². The van der Waals surface area contributed by atoms with Gasteiger partial charge in [-0.3, -0.25) is 0 Å². The van der Waals surface area contributed by atoms with Crippen molar-refractivity contribution in [1.82, 2.24) is 0 Å². The highest BCUT2D eigenvalue weighted by molar-refractivity contribution is 4.41. The molecule has 0 aromatic rings. The Bertz CT molecular complexity index is 85.4. The molecule has 1 N–H and O–H groups in total. The molecule has 0 radical (unpaired) electrons. The monoisotopic (exact) mass is 162 g/mol. The first-order valence-corrected chi connectivity index (χ1v) is 4.19. The van der Waals surface area contributed by atoms with Gasteiger partial charge in [0, 0.05) is 6.61 Å². The predicted molar refractivity (Wildman–Crippen MR) is 43.1 cm³/mol. The van der Waals surface area contributed by atoms with Crippen LogP contribution in [0.15, 0.2) is 0 Å². The smallest absolute Gasteiger partial charge is 0.160 e. The van der Waals surface area contributed by atoms with Crippen LogP contribution in [0.1, 0.15) is 33.6 Å². The molecule has 0 spiro atoms. The van der Waals surface area contributed by atoms with E-state index in [1.807, 2.05) is 20.8 Å². The van der Waals surface area contributed by atoms with Crippen molar-refractivity contribution in [2.45, 2.75) is 46.2 Å². The van der Waals surface area contributed by atoms with E-state index < -0.39 is 6.29 Å². The molecule has 68 valence electrons. The second kappa shape index (κ2) is 6.58. The molecule has 0 aromatic heterocycles. The van der Waals surface area contributed by atoms with Crippen LogP contribution in [0.2, 0.25) is 0 Å². The van der Waals surface area contributed by atoms with E-state index in [-0.39, 0.29) is 6.29 Å². The molecule has 0 aliphatic heterocycles. The topological polar surface area (TPSA) is 38.7 Å². The lowest BCUT2D eigenvalue weighted by molar-refractivity contribution is -0.227. The first-order valence-electron chi connectivity index (χ1n) is 4.19. The standard InChI is InChI=1S/C8H18O3/c1-4-7(9)11-8(5-2)10-6-3/h7-9H,4-6H2,1-3H3. The molecule has 0 rings (SSSR count). The first kappa shape index (κ1) is 10.9.